The summed E-state index contributed by atoms with van der Waals surface area (Å²) in [5, 5.41) is 2.77. The van der Waals surface area contributed by atoms with Gasteiger partial charge in [-0.25, -0.2) is 0 Å². The van der Waals surface area contributed by atoms with E-state index >= 15 is 0 Å². The Kier molecular flexibility index (Phi) is 13.3. The van der Waals surface area contributed by atoms with E-state index in [0.29, 0.717) is 24.3 Å². The van der Waals surface area contributed by atoms with Crippen LogP contribution in [0.15, 0.2) is 72.8 Å². The van der Waals surface area contributed by atoms with Crippen LogP contribution in [0.3, 0.4) is 0 Å². The molecule has 20 heteroatoms. The van der Waals surface area contributed by atoms with Crippen molar-refractivity contribution in [3.63, 3.8) is 0 Å². The summed E-state index contributed by atoms with van der Waals surface area (Å²) in [6.45, 7) is 5.72. The average Bonchev–Trinajstić information content (AvgIpc) is 3.03. The summed E-state index contributed by atoms with van der Waals surface area (Å²) < 4.78 is 235. The van der Waals surface area contributed by atoms with E-state index in [2.05, 4.69) is 5.32 Å². The van der Waals surface area contributed by atoms with Crippen molar-refractivity contribution in [3.05, 3.63) is 140 Å². The topological polar surface area (TPSA) is 29.1 Å². The highest BCUT2D eigenvalue weighted by atomic mass is 19.4. The van der Waals surface area contributed by atoms with Crippen LogP contribution in [0.4, 0.5) is 79.0 Å². The Bertz CT molecular complexity index is 2000. The highest BCUT2D eigenvalue weighted by Gasteiger charge is 2.40. The Hall–Kier alpha value is -4.75. The number of rotatable bonds is 6. The molecule has 1 atom stereocenters. The molecular weight excluding hydrogens is 816 g/mol. The fourth-order valence-electron chi connectivity index (χ4n) is 5.34. The second kappa shape index (κ2) is 16.2. The fourth-order valence-corrected chi connectivity index (χ4v) is 5.34. The van der Waals surface area contributed by atoms with Crippen LogP contribution in [0.2, 0.25) is 0 Å². The Morgan fingerprint density at radius 1 is 0.404 bits per heavy atom. The molecule has 0 aliphatic heterocycles. The molecule has 0 aromatic heterocycles. The van der Waals surface area contributed by atoms with Gasteiger partial charge >= 0.3 is 37.1 Å². The molecular formula is C37H27F18NO. The van der Waals surface area contributed by atoms with E-state index < -0.39 is 105 Å². The van der Waals surface area contributed by atoms with Crippen molar-refractivity contribution in [1.82, 2.24) is 5.32 Å². The lowest BCUT2D eigenvalue weighted by Gasteiger charge is -2.25. The van der Waals surface area contributed by atoms with E-state index in [-0.39, 0.29) is 41.0 Å². The quantitative estimate of drug-likeness (QED) is 0.155. The first-order valence-corrected chi connectivity index (χ1v) is 15.8. The summed E-state index contributed by atoms with van der Waals surface area (Å²) in [6.07, 6.45) is -30.1. The van der Waals surface area contributed by atoms with Gasteiger partial charge in [0.25, 0.3) is 0 Å². The van der Waals surface area contributed by atoms with Gasteiger partial charge in [0.15, 0.2) is 5.78 Å². The number of hydrogen-bond donors (Lipinski definition) is 1. The molecule has 0 aliphatic rings. The predicted molar refractivity (Wildman–Crippen MR) is 169 cm³/mol. The number of hydrogen-bond acceptors (Lipinski definition) is 2. The minimum atomic E-state index is -5.18. The van der Waals surface area contributed by atoms with E-state index in [1.165, 1.54) is 19.9 Å². The Morgan fingerprint density at radius 3 is 1.00 bits per heavy atom. The lowest BCUT2D eigenvalue weighted by Crippen LogP contribution is -2.30. The zero-order valence-electron chi connectivity index (χ0n) is 29.3. The Balaban J connectivity index is 0.000000307. The maximum absolute atomic E-state index is 13.2. The molecule has 1 unspecified atom stereocenters. The molecule has 57 heavy (non-hydrogen) atoms. The minimum absolute atomic E-state index is 0.0205. The number of aryl methyl sites for hydroxylation is 2. The number of benzene rings is 4. The molecule has 0 radical (unpaired) electrons. The van der Waals surface area contributed by atoms with E-state index in [4.69, 9.17) is 0 Å². The van der Waals surface area contributed by atoms with Crippen molar-refractivity contribution < 1.29 is 83.8 Å². The van der Waals surface area contributed by atoms with E-state index in [1.54, 1.807) is 13.8 Å². The number of alkyl halides is 18. The smallest absolute Gasteiger partial charge is 0.304 e. The predicted octanol–water partition coefficient (Wildman–Crippen LogP) is 13.4. The van der Waals surface area contributed by atoms with Crippen LogP contribution < -0.4 is 5.32 Å². The van der Waals surface area contributed by atoms with Crippen LogP contribution in [0.5, 0.6) is 0 Å². The maximum Gasteiger partial charge on any atom is 0.416 e. The molecule has 0 amide bonds. The molecule has 1 N–H and O–H groups in total. The van der Waals surface area contributed by atoms with Crippen LogP contribution in [0, 0.1) is 13.8 Å². The molecule has 4 rings (SSSR count). The monoisotopic (exact) mass is 843 g/mol. The van der Waals surface area contributed by atoms with Gasteiger partial charge in [-0.2, -0.15) is 79.0 Å². The van der Waals surface area contributed by atoms with Crippen LogP contribution in [-0.2, 0) is 37.1 Å². The largest absolute Gasteiger partial charge is 0.416 e. The van der Waals surface area contributed by atoms with Crippen molar-refractivity contribution in [2.24, 2.45) is 0 Å². The van der Waals surface area contributed by atoms with Crippen molar-refractivity contribution >= 4 is 5.78 Å². The van der Waals surface area contributed by atoms with Crippen molar-refractivity contribution in [2.45, 2.75) is 76.8 Å². The zero-order valence-corrected chi connectivity index (χ0v) is 29.3. The third-order valence-electron chi connectivity index (χ3n) is 7.72. The van der Waals surface area contributed by atoms with Crippen LogP contribution in [0.25, 0.3) is 0 Å². The average molecular weight is 844 g/mol. The van der Waals surface area contributed by atoms with Crippen molar-refractivity contribution in [2.75, 3.05) is 0 Å². The molecule has 0 heterocycles. The molecule has 0 saturated carbocycles. The molecule has 4 aromatic carbocycles. The number of nitrogens with one attached hydrogen (secondary N) is 1. The second-order valence-corrected chi connectivity index (χ2v) is 12.9. The van der Waals surface area contributed by atoms with Gasteiger partial charge in [-0.05, 0) is 111 Å². The van der Waals surface area contributed by atoms with Gasteiger partial charge in [-0.3, -0.25) is 4.79 Å². The van der Waals surface area contributed by atoms with E-state index in [0.717, 1.165) is 18.2 Å². The third kappa shape index (κ3) is 12.6. The molecule has 0 bridgehead atoms. The van der Waals surface area contributed by atoms with E-state index in [1.807, 2.05) is 0 Å². The molecule has 0 spiro atoms. The summed E-state index contributed by atoms with van der Waals surface area (Å²) in [7, 11) is 0. The van der Waals surface area contributed by atoms with Gasteiger partial charge in [-0.1, -0.05) is 11.6 Å². The standard InChI is InChI=1S/C20H18F9N.C17H9F9O/c1-10(2)30-17(12-4-11(3)5-14(6-12)18(21,22)23)13-7-15(19(24,25)26)9-16(8-13)20(27,28)29;1-8-2-9(4-11(3-8)15(18,19)20)14(27)10-5-12(16(21,22)23)7-13(6-10)17(24,25)26/h4-10,17,30H,1-3H3;2-7H,1H3. The molecule has 4 aromatic rings. The summed E-state index contributed by atoms with van der Waals surface area (Å²) in [4.78, 5) is 12.3. The Morgan fingerprint density at radius 2 is 0.667 bits per heavy atom. The first kappa shape index (κ1) is 46.6. The van der Waals surface area contributed by atoms with Gasteiger partial charge in [-0.15, -0.1) is 0 Å². The summed E-state index contributed by atoms with van der Waals surface area (Å²) >= 11 is 0. The minimum Gasteiger partial charge on any atom is -0.304 e. The first-order valence-electron chi connectivity index (χ1n) is 15.8. The van der Waals surface area contributed by atoms with Gasteiger partial charge in [0.1, 0.15) is 0 Å². The lowest BCUT2D eigenvalue weighted by atomic mass is 9.92. The van der Waals surface area contributed by atoms with Crippen molar-refractivity contribution in [3.8, 4) is 0 Å². The molecule has 312 valence electrons. The summed E-state index contributed by atoms with van der Waals surface area (Å²) in [5.74, 6) is -1.39. The first-order chi connectivity index (χ1) is 25.6. The van der Waals surface area contributed by atoms with Gasteiger partial charge in [0.2, 0.25) is 0 Å². The fraction of sp³-hybridized carbons (Fsp3) is 0.324. The maximum atomic E-state index is 13.2. The number of carbonyl (C=O) groups excluding carboxylic acids is 1. The zero-order chi connectivity index (χ0) is 43.9. The Labute approximate surface area is 311 Å². The molecule has 2 nitrogen and oxygen atoms in total. The second-order valence-electron chi connectivity index (χ2n) is 12.9. The van der Waals surface area contributed by atoms with Crippen LogP contribution in [-0.4, -0.2) is 11.8 Å². The van der Waals surface area contributed by atoms with Crippen LogP contribution >= 0.6 is 0 Å². The lowest BCUT2D eigenvalue weighted by molar-refractivity contribution is -0.144. The number of ketones is 1. The highest BCUT2D eigenvalue weighted by molar-refractivity contribution is 6.09. The molecule has 0 fully saturated rings. The SMILES string of the molecule is Cc1cc(C(=O)c2cc(C(F)(F)F)cc(C(F)(F)F)c2)cc(C(F)(F)F)c1.Cc1cc(C(NC(C)C)c2cc(C(F)(F)F)cc(C(F)(F)F)c2)cc(C(F)(F)F)c1. The normalized spacial score (nSPS) is 13.7. The summed E-state index contributed by atoms with van der Waals surface area (Å²) in [6, 6.07) is 4.31. The third-order valence-corrected chi connectivity index (χ3v) is 7.72. The van der Waals surface area contributed by atoms with Gasteiger partial charge in [0, 0.05) is 17.2 Å². The molecule has 0 aliphatic carbocycles. The number of carbonyl (C=O) groups is 1. The molecule has 0 saturated heterocycles. The van der Waals surface area contributed by atoms with E-state index in [9.17, 15) is 83.8 Å². The summed E-state index contributed by atoms with van der Waals surface area (Å²) in [5.41, 5.74) is -10.9. The van der Waals surface area contributed by atoms with Crippen molar-refractivity contribution in [1.29, 1.82) is 0 Å². The van der Waals surface area contributed by atoms with Crippen LogP contribution in [0.1, 0.15) is 91.4 Å². The van der Waals surface area contributed by atoms with Gasteiger partial charge < -0.3 is 5.32 Å². The highest BCUT2D eigenvalue weighted by Crippen LogP contribution is 2.41. The number of halogens is 18. The van der Waals surface area contributed by atoms with Gasteiger partial charge in [0.05, 0.1) is 39.4 Å².